The molecule has 12 saturated heterocycles. The Balaban J connectivity index is 0.879. The monoisotopic (exact) mass is 790 g/mol. The molecule has 8 atom stereocenters. The molecular formula is C46H64FeN4P2. The van der Waals surface area contributed by atoms with Crippen LogP contribution in [0.5, 0.6) is 0 Å². The third-order valence-corrected chi connectivity index (χ3v) is 79.8. The van der Waals surface area contributed by atoms with Gasteiger partial charge in [0.15, 0.2) is 0 Å². The van der Waals surface area contributed by atoms with Crippen molar-refractivity contribution >= 4 is 17.2 Å². The fourth-order valence-electron chi connectivity index (χ4n) is 32.9. The van der Waals surface area contributed by atoms with Gasteiger partial charge >= 0.3 is 313 Å². The van der Waals surface area contributed by atoms with Crippen LogP contribution in [0.25, 0.3) is 0 Å². The molecule has 20 fully saturated rings. The van der Waals surface area contributed by atoms with E-state index in [9.17, 15) is 0 Å². The first-order valence-electron chi connectivity index (χ1n) is 23.5. The third-order valence-electron chi connectivity index (χ3n) is 29.9. The van der Waals surface area contributed by atoms with Crippen molar-refractivity contribution in [2.75, 3.05) is 45.4 Å². The van der Waals surface area contributed by atoms with Gasteiger partial charge in [-0.25, -0.2) is 0 Å². The summed E-state index contributed by atoms with van der Waals surface area (Å²) in [4.78, 5) is 8.94. The van der Waals surface area contributed by atoms with Crippen LogP contribution in [0.4, 0.5) is 0 Å². The van der Waals surface area contributed by atoms with Gasteiger partial charge in [-0.2, -0.15) is 0 Å². The first kappa shape index (κ1) is 28.8. The zero-order valence-corrected chi connectivity index (χ0v) is 34.9. The van der Waals surface area contributed by atoms with Gasteiger partial charge in [0.1, 0.15) is 0 Å². The van der Waals surface area contributed by atoms with Crippen molar-refractivity contribution in [3.63, 3.8) is 0 Å². The van der Waals surface area contributed by atoms with Crippen LogP contribution in [-0.4, -0.2) is 74.0 Å². The molecule has 12 heterocycles. The third kappa shape index (κ3) is 1.03. The van der Waals surface area contributed by atoms with Gasteiger partial charge in [-0.15, -0.1) is 0 Å². The first-order chi connectivity index (χ1) is 25.8. The molecule has 8 aliphatic carbocycles. The predicted molar refractivity (Wildman–Crippen MR) is 215 cm³/mol. The molecular weight excluding hydrogens is 726 g/mol. The second-order valence-corrected chi connectivity index (χ2v) is 52.7. The number of nitrogens with one attached hydrogen (secondary N) is 4. The van der Waals surface area contributed by atoms with E-state index in [1.165, 1.54) is 71.2 Å². The molecule has 4 nitrogen and oxygen atoms in total. The van der Waals surface area contributed by atoms with Crippen molar-refractivity contribution in [3.05, 3.63) is 35.9 Å². The molecule has 1 spiro atoms. The van der Waals surface area contributed by atoms with E-state index in [0.717, 1.165) is 73.4 Å². The first-order valence-corrected chi connectivity index (χ1v) is 31.9. The number of benzene rings is 1. The Labute approximate surface area is 311 Å². The van der Waals surface area contributed by atoms with Crippen molar-refractivity contribution in [3.8, 4) is 0 Å². The fraction of sp³-hybridized carbons (Fsp3) is 0.870. The van der Waals surface area contributed by atoms with Crippen molar-refractivity contribution in [2.24, 2.45) is 47.3 Å². The number of rotatable bonds is 8. The van der Waals surface area contributed by atoms with Crippen LogP contribution < -0.4 is 21.3 Å². The summed E-state index contributed by atoms with van der Waals surface area (Å²) >= 11 is 0. The summed E-state index contributed by atoms with van der Waals surface area (Å²) < 4.78 is 2.30. The summed E-state index contributed by atoms with van der Waals surface area (Å²) in [5.41, 5.74) is 4.30. The molecule has 1 aromatic rings. The topological polar surface area (TPSA) is 48.1 Å². The summed E-state index contributed by atoms with van der Waals surface area (Å²) in [7, 11) is 4.11. The van der Waals surface area contributed by atoms with Crippen molar-refractivity contribution < 1.29 is 6.51 Å². The van der Waals surface area contributed by atoms with Gasteiger partial charge in [-0.05, 0) is 0 Å². The van der Waals surface area contributed by atoms with E-state index in [4.69, 9.17) is 0 Å². The number of fused-ring (bicyclic) bond motifs is 10. The SMILES string of the molecule is PC(C1CNCCN1)(C1CNCCN1)[C]12[CH]3[C]4(c5ccccc5)[CH]5[C]1(CP(C1C6CC7CC(C6)CC1C7)C1C6CC7CC(C6)CC1C7)[Fe]53421678[CH]2[CH]1[CH]6[CH]7[CH]28. The molecule has 0 radical (unpaired) electrons. The van der Waals surface area contributed by atoms with Gasteiger partial charge in [-0.3, -0.25) is 0 Å². The minimum absolute atomic E-state index is 0.0820. The van der Waals surface area contributed by atoms with Gasteiger partial charge in [0.05, 0.1) is 0 Å². The Kier molecular flexibility index (Phi) is 3.00. The summed E-state index contributed by atoms with van der Waals surface area (Å²) in [5.74, 6) is 9.03. The average molecular weight is 791 g/mol. The number of hydrogen-bond acceptors (Lipinski definition) is 4. The second-order valence-electron chi connectivity index (χ2n) is 26.2. The summed E-state index contributed by atoms with van der Waals surface area (Å²) in [6.45, 7) is 2.76. The molecule has 21 rings (SSSR count). The van der Waals surface area contributed by atoms with Crippen LogP contribution in [0.3, 0.4) is 0 Å². The Morgan fingerprint density at radius 3 is 1.51 bits per heavy atom. The molecule has 53 heavy (non-hydrogen) atoms. The van der Waals surface area contributed by atoms with E-state index < -0.39 is 6.51 Å². The second kappa shape index (κ2) is 5.53. The maximum absolute atomic E-state index is 4.40. The molecule has 8 bridgehead atoms. The molecule has 8 unspecified atom stereocenters. The summed E-state index contributed by atoms with van der Waals surface area (Å²) in [5, 5.41) is 17.2. The Hall–Kier alpha value is 0.439. The molecule has 8 saturated carbocycles. The zero-order valence-electron chi connectivity index (χ0n) is 31.8. The molecule has 4 N–H and O–H groups in total. The standard InChI is InChI=1S/C41H59N4P2.C5H5.Fe/c46-41(37-22-42-6-8-44-37,38-23-43-7-9-45-38)36-21-30(29-4-2-1-3-5-29)20-35(36)24-47(39-31-12-25-10-26(14-31)15-32(39)13-25)40-33-16-27-11-28(18-33)19-34(40)17-27;1-2-4-5-3-1;/h1-5,20-21,25-28,31-34,37-40,42-45H,6-19,22-24,46H2;1-5H;. The van der Waals surface area contributed by atoms with Crippen LogP contribution in [0.15, 0.2) is 30.3 Å². The molecule has 7 heteroatoms. The van der Waals surface area contributed by atoms with E-state index in [-0.39, 0.29) is 7.92 Å². The molecule has 0 amide bonds. The van der Waals surface area contributed by atoms with E-state index in [0.29, 0.717) is 17.2 Å². The number of piperazine rings is 2. The zero-order chi connectivity index (χ0) is 33.8. The molecule has 0 aromatic heterocycles. The minimum atomic E-state index is -4.31. The summed E-state index contributed by atoms with van der Waals surface area (Å²) in [6.07, 6.45) is 18.5. The van der Waals surface area contributed by atoms with Crippen LogP contribution in [0, 0.1) is 47.3 Å². The van der Waals surface area contributed by atoms with Gasteiger partial charge in [0.25, 0.3) is 0 Å². The van der Waals surface area contributed by atoms with Gasteiger partial charge in [-0.1, -0.05) is 0 Å². The van der Waals surface area contributed by atoms with E-state index in [2.05, 4.69) is 60.8 Å². The van der Waals surface area contributed by atoms with Crippen molar-refractivity contribution in [1.29, 1.82) is 0 Å². The molecule has 1 aromatic carbocycles. The normalized spacial score (nSPS) is 77.9. The Morgan fingerprint density at radius 1 is 0.623 bits per heavy atom. The maximum atomic E-state index is 4.40. The number of hydrogen-bond donors (Lipinski definition) is 4. The van der Waals surface area contributed by atoms with E-state index in [1.807, 2.05) is 11.7 Å². The van der Waals surface area contributed by atoms with Crippen molar-refractivity contribution in [2.45, 2.75) is 139 Å². The Morgan fingerprint density at radius 2 is 1.09 bits per heavy atom. The predicted octanol–water partition coefficient (Wildman–Crippen LogP) is 8.09. The van der Waals surface area contributed by atoms with Gasteiger partial charge in [0.2, 0.25) is 0 Å². The van der Waals surface area contributed by atoms with Gasteiger partial charge < -0.3 is 0 Å². The molecule has 20 aliphatic rings. The van der Waals surface area contributed by atoms with E-state index in [1.54, 1.807) is 64.2 Å². The summed E-state index contributed by atoms with van der Waals surface area (Å²) in [6, 6.07) is 14.1. The van der Waals surface area contributed by atoms with Gasteiger partial charge in [0, 0.05) is 0 Å². The van der Waals surface area contributed by atoms with Crippen LogP contribution in [-0.2, 0) is 10.8 Å². The van der Waals surface area contributed by atoms with Crippen LogP contribution >= 0.6 is 17.2 Å². The molecule has 12 aliphatic heterocycles. The molecule has 286 valence electrons. The van der Waals surface area contributed by atoms with E-state index >= 15 is 0 Å². The quantitative estimate of drug-likeness (QED) is 0.159. The van der Waals surface area contributed by atoms with Crippen LogP contribution in [0.2, 0.25) is 42.3 Å². The Bertz CT molecular complexity index is 2240. The van der Waals surface area contributed by atoms with Crippen molar-refractivity contribution in [1.82, 2.24) is 21.3 Å². The van der Waals surface area contributed by atoms with Crippen LogP contribution in [0.1, 0.15) is 69.8 Å². The average Bonchev–Trinajstić information content (AvgIpc) is 4.13. The fourth-order valence-corrected chi connectivity index (χ4v) is 124.